The summed E-state index contributed by atoms with van der Waals surface area (Å²) in [4.78, 5) is 0. The van der Waals surface area contributed by atoms with Crippen LogP contribution in [0.3, 0.4) is 0 Å². The van der Waals surface area contributed by atoms with Gasteiger partial charge in [-0.05, 0) is 40.1 Å². The van der Waals surface area contributed by atoms with E-state index < -0.39 is 0 Å². The van der Waals surface area contributed by atoms with Crippen molar-refractivity contribution in [2.45, 2.75) is 0 Å². The predicted molar refractivity (Wildman–Crippen MR) is 66.2 cm³/mol. The van der Waals surface area contributed by atoms with Crippen molar-refractivity contribution in [3.63, 3.8) is 0 Å². The molecule has 0 saturated heterocycles. The monoisotopic (exact) mass is 216 g/mol. The molecule has 0 N–H and O–H groups in total. The molecule has 1 nitrogen and oxygen atoms in total. The van der Waals surface area contributed by atoms with Crippen LogP contribution in [0.4, 0.5) is 0 Å². The average Bonchev–Trinajstić information content (AvgIpc) is 2.80. The van der Waals surface area contributed by atoms with Crippen LogP contribution in [0.5, 0.6) is 5.75 Å². The Bertz CT molecular complexity index is 426. The Morgan fingerprint density at radius 1 is 1.00 bits per heavy atom. The number of hydrogen-bond donors (Lipinski definition) is 0. The van der Waals surface area contributed by atoms with Gasteiger partial charge < -0.3 is 4.74 Å². The maximum atomic E-state index is 5.10. The number of thiophene rings is 1. The van der Waals surface area contributed by atoms with Gasteiger partial charge in [0.15, 0.2) is 0 Å². The van der Waals surface area contributed by atoms with Crippen molar-refractivity contribution in [2.75, 3.05) is 7.11 Å². The van der Waals surface area contributed by atoms with E-state index in [2.05, 4.69) is 29.0 Å². The minimum Gasteiger partial charge on any atom is -0.497 e. The Balaban J connectivity index is 2.11. The summed E-state index contributed by atoms with van der Waals surface area (Å²) in [6.07, 6.45) is 4.21. The summed E-state index contributed by atoms with van der Waals surface area (Å²) in [6.45, 7) is 0. The Morgan fingerprint density at radius 3 is 2.33 bits per heavy atom. The minimum atomic E-state index is 0.891. The minimum absolute atomic E-state index is 0.891. The number of rotatable bonds is 3. The molecule has 0 spiro atoms. The number of methoxy groups -OCH3 is 1. The molecule has 1 heterocycles. The lowest BCUT2D eigenvalue weighted by molar-refractivity contribution is 0.415. The molecule has 1 aromatic heterocycles. The third kappa shape index (κ3) is 2.70. The molecule has 0 bridgehead atoms. The second-order valence-electron chi connectivity index (χ2n) is 3.16. The van der Waals surface area contributed by atoms with Gasteiger partial charge in [0.2, 0.25) is 0 Å². The van der Waals surface area contributed by atoms with Crippen molar-refractivity contribution < 1.29 is 4.74 Å². The maximum absolute atomic E-state index is 5.10. The van der Waals surface area contributed by atoms with E-state index in [0.29, 0.717) is 0 Å². The van der Waals surface area contributed by atoms with Crippen LogP contribution in [0.2, 0.25) is 0 Å². The topological polar surface area (TPSA) is 9.23 Å². The molecular weight excluding hydrogens is 204 g/mol. The van der Waals surface area contributed by atoms with Gasteiger partial charge in [0.05, 0.1) is 7.11 Å². The van der Waals surface area contributed by atoms with E-state index in [9.17, 15) is 0 Å². The van der Waals surface area contributed by atoms with Crippen LogP contribution in [0, 0.1) is 0 Å². The van der Waals surface area contributed by atoms with Crippen molar-refractivity contribution in [3.05, 3.63) is 52.2 Å². The molecule has 0 aliphatic carbocycles. The fourth-order valence-corrected chi connectivity index (χ4v) is 1.91. The third-order valence-electron chi connectivity index (χ3n) is 2.13. The van der Waals surface area contributed by atoms with Gasteiger partial charge in [-0.1, -0.05) is 24.3 Å². The van der Waals surface area contributed by atoms with Crippen molar-refractivity contribution in [1.82, 2.24) is 0 Å². The summed E-state index contributed by atoms with van der Waals surface area (Å²) >= 11 is 1.71. The van der Waals surface area contributed by atoms with Crippen LogP contribution < -0.4 is 4.74 Å². The third-order valence-corrected chi connectivity index (χ3v) is 2.83. The van der Waals surface area contributed by atoms with Gasteiger partial charge in [0.25, 0.3) is 0 Å². The first kappa shape index (κ1) is 9.99. The highest BCUT2D eigenvalue weighted by atomic mass is 32.1. The average molecular weight is 216 g/mol. The Kier molecular flexibility index (Phi) is 3.20. The lowest BCUT2D eigenvalue weighted by Crippen LogP contribution is -1.81. The van der Waals surface area contributed by atoms with Crippen LogP contribution >= 0.6 is 11.3 Å². The molecule has 2 aromatic rings. The van der Waals surface area contributed by atoms with Gasteiger partial charge in [-0.3, -0.25) is 0 Å². The van der Waals surface area contributed by atoms with Gasteiger partial charge in [-0.2, -0.15) is 11.3 Å². The standard InChI is InChI=1S/C13H12OS/c1-14-13-6-4-11(5-7-13)2-3-12-8-9-15-10-12/h2-10H,1H3/b3-2+. The maximum Gasteiger partial charge on any atom is 0.118 e. The van der Waals surface area contributed by atoms with E-state index in [1.54, 1.807) is 18.4 Å². The first-order chi connectivity index (χ1) is 7.38. The van der Waals surface area contributed by atoms with E-state index in [4.69, 9.17) is 4.74 Å². The molecule has 0 atom stereocenters. The highest BCUT2D eigenvalue weighted by Crippen LogP contribution is 2.14. The molecule has 0 saturated carbocycles. The second-order valence-corrected chi connectivity index (χ2v) is 3.94. The zero-order chi connectivity index (χ0) is 10.5. The normalized spacial score (nSPS) is 10.7. The van der Waals surface area contributed by atoms with E-state index in [-0.39, 0.29) is 0 Å². The summed E-state index contributed by atoms with van der Waals surface area (Å²) in [7, 11) is 1.68. The second kappa shape index (κ2) is 4.80. The zero-order valence-electron chi connectivity index (χ0n) is 8.51. The Labute approximate surface area is 93.6 Å². The fraction of sp³-hybridized carbons (Fsp3) is 0.0769. The van der Waals surface area contributed by atoms with Crippen LogP contribution in [0.15, 0.2) is 41.1 Å². The number of ether oxygens (including phenoxy) is 1. The molecule has 2 heteroatoms. The lowest BCUT2D eigenvalue weighted by Gasteiger charge is -1.98. The van der Waals surface area contributed by atoms with Gasteiger partial charge in [0.1, 0.15) is 5.75 Å². The molecule has 1 aromatic carbocycles. The van der Waals surface area contributed by atoms with Gasteiger partial charge in [0, 0.05) is 0 Å². The van der Waals surface area contributed by atoms with Crippen molar-refractivity contribution in [3.8, 4) is 5.75 Å². The zero-order valence-corrected chi connectivity index (χ0v) is 9.33. The molecular formula is C13H12OS. The SMILES string of the molecule is COc1ccc(/C=C/c2ccsc2)cc1. The quantitative estimate of drug-likeness (QED) is 0.755. The summed E-state index contributed by atoms with van der Waals surface area (Å²) < 4.78 is 5.10. The van der Waals surface area contributed by atoms with Gasteiger partial charge in [-0.25, -0.2) is 0 Å². The summed E-state index contributed by atoms with van der Waals surface area (Å²) in [5.74, 6) is 0.891. The molecule has 15 heavy (non-hydrogen) atoms. The van der Waals surface area contributed by atoms with Crippen molar-refractivity contribution in [2.24, 2.45) is 0 Å². The molecule has 0 aliphatic rings. The Morgan fingerprint density at radius 2 is 1.73 bits per heavy atom. The molecule has 0 radical (unpaired) electrons. The van der Waals surface area contributed by atoms with Gasteiger partial charge in [-0.15, -0.1) is 0 Å². The molecule has 2 rings (SSSR count). The fourth-order valence-electron chi connectivity index (χ4n) is 1.28. The molecule has 0 fully saturated rings. The first-order valence-electron chi connectivity index (χ1n) is 4.73. The van der Waals surface area contributed by atoms with E-state index in [0.717, 1.165) is 5.75 Å². The highest BCUT2D eigenvalue weighted by molar-refractivity contribution is 7.08. The van der Waals surface area contributed by atoms with Crippen LogP contribution in [0.25, 0.3) is 12.2 Å². The van der Waals surface area contributed by atoms with Crippen LogP contribution in [-0.2, 0) is 0 Å². The van der Waals surface area contributed by atoms with Gasteiger partial charge >= 0.3 is 0 Å². The molecule has 0 amide bonds. The van der Waals surface area contributed by atoms with Crippen LogP contribution in [0.1, 0.15) is 11.1 Å². The molecule has 76 valence electrons. The predicted octanol–water partition coefficient (Wildman–Crippen LogP) is 3.93. The van der Waals surface area contributed by atoms with E-state index in [1.807, 2.05) is 24.3 Å². The lowest BCUT2D eigenvalue weighted by atomic mass is 10.2. The summed E-state index contributed by atoms with van der Waals surface area (Å²) in [5.41, 5.74) is 2.43. The van der Waals surface area contributed by atoms with E-state index in [1.165, 1.54) is 11.1 Å². The summed E-state index contributed by atoms with van der Waals surface area (Å²) in [5, 5.41) is 4.20. The first-order valence-corrected chi connectivity index (χ1v) is 5.67. The highest BCUT2D eigenvalue weighted by Gasteiger charge is 1.90. The van der Waals surface area contributed by atoms with E-state index >= 15 is 0 Å². The smallest absolute Gasteiger partial charge is 0.118 e. The molecule has 0 unspecified atom stereocenters. The van der Waals surface area contributed by atoms with Crippen molar-refractivity contribution in [1.29, 1.82) is 0 Å². The number of benzene rings is 1. The largest absolute Gasteiger partial charge is 0.497 e. The number of hydrogen-bond acceptors (Lipinski definition) is 2. The summed E-state index contributed by atoms with van der Waals surface area (Å²) in [6, 6.07) is 10.1. The molecule has 0 aliphatic heterocycles. The Hall–Kier alpha value is -1.54. The van der Waals surface area contributed by atoms with Crippen LogP contribution in [-0.4, -0.2) is 7.11 Å². The van der Waals surface area contributed by atoms with Crippen molar-refractivity contribution >= 4 is 23.5 Å².